The lowest BCUT2D eigenvalue weighted by molar-refractivity contribution is 0.0923. The third-order valence-corrected chi connectivity index (χ3v) is 6.35. The maximum Gasteiger partial charge on any atom is 0.252 e. The molecule has 0 fully saturated rings. The average molecular weight is 422 g/mol. The normalized spacial score (nSPS) is 18.4. The van der Waals surface area contributed by atoms with Gasteiger partial charge in [0.05, 0.1) is 23.7 Å². The van der Waals surface area contributed by atoms with E-state index in [1.54, 1.807) is 0 Å². The molecule has 1 unspecified atom stereocenters. The predicted molar refractivity (Wildman–Crippen MR) is 118 cm³/mol. The first-order valence-corrected chi connectivity index (χ1v) is 10.9. The number of aromatic nitrogens is 1. The first-order valence-electron chi connectivity index (χ1n) is 10.5. The van der Waals surface area contributed by atoms with Crippen molar-refractivity contribution in [2.75, 3.05) is 19.7 Å². The van der Waals surface area contributed by atoms with Gasteiger partial charge in [0.15, 0.2) is 0 Å². The molecule has 5 rings (SSSR count). The number of nitrogens with zero attached hydrogens (tertiary/aromatic N) is 2. The van der Waals surface area contributed by atoms with Crippen LogP contribution in [0.1, 0.15) is 46.6 Å². The van der Waals surface area contributed by atoms with Gasteiger partial charge in [-0.05, 0) is 30.8 Å². The summed E-state index contributed by atoms with van der Waals surface area (Å²) in [6, 6.07) is 13.4. The molecule has 0 spiro atoms. The minimum atomic E-state index is -0.131. The number of fused-ring (bicyclic) bond motifs is 3. The molecule has 1 atom stereocenters. The number of carbonyl (C=O) groups excluding carboxylic acids is 1. The summed E-state index contributed by atoms with van der Waals surface area (Å²) in [5.41, 5.74) is 4.66. The Morgan fingerprint density at radius 3 is 3.03 bits per heavy atom. The van der Waals surface area contributed by atoms with Crippen LogP contribution in [-0.2, 0) is 13.0 Å². The number of pyridine rings is 1. The van der Waals surface area contributed by atoms with Gasteiger partial charge in [0.25, 0.3) is 5.91 Å². The molecule has 2 aliphatic heterocycles. The Balaban J connectivity index is 1.57. The second-order valence-corrected chi connectivity index (χ2v) is 8.33. The van der Waals surface area contributed by atoms with Crippen LogP contribution in [0.5, 0.6) is 5.75 Å². The van der Waals surface area contributed by atoms with E-state index >= 15 is 0 Å². The summed E-state index contributed by atoms with van der Waals surface area (Å²) < 4.78 is 5.76. The van der Waals surface area contributed by atoms with Crippen molar-refractivity contribution in [3.05, 3.63) is 69.9 Å². The van der Waals surface area contributed by atoms with Crippen molar-refractivity contribution in [3.63, 3.8) is 0 Å². The Bertz CT molecular complexity index is 1130. The lowest BCUT2D eigenvalue weighted by Crippen LogP contribution is -2.36. The summed E-state index contributed by atoms with van der Waals surface area (Å²) in [6.45, 7) is 5.41. The van der Waals surface area contributed by atoms with Crippen molar-refractivity contribution in [1.29, 1.82) is 0 Å². The fraction of sp³-hybridized carbons (Fsp3) is 0.333. The minimum Gasteiger partial charge on any atom is -0.493 e. The highest BCUT2D eigenvalue weighted by Crippen LogP contribution is 2.35. The number of hydrogen-bond acceptors (Lipinski definition) is 4. The van der Waals surface area contributed by atoms with Crippen molar-refractivity contribution >= 4 is 28.4 Å². The number of halogens is 1. The average Bonchev–Trinajstić information content (AvgIpc) is 2.77. The highest BCUT2D eigenvalue weighted by Gasteiger charge is 2.28. The van der Waals surface area contributed by atoms with Crippen LogP contribution in [0.4, 0.5) is 0 Å². The van der Waals surface area contributed by atoms with Crippen molar-refractivity contribution < 1.29 is 9.53 Å². The molecule has 0 radical (unpaired) electrons. The first-order chi connectivity index (χ1) is 14.6. The molecule has 0 bridgehead atoms. The second kappa shape index (κ2) is 7.89. The summed E-state index contributed by atoms with van der Waals surface area (Å²) in [5.74, 6) is 0.732. The quantitative estimate of drug-likeness (QED) is 0.675. The number of benzene rings is 2. The number of likely N-dealkylation sites (N-methyl/N-ethyl adjacent to an activating group) is 1. The lowest BCUT2D eigenvalue weighted by Gasteiger charge is -2.30. The molecule has 2 aliphatic rings. The van der Waals surface area contributed by atoms with Crippen LogP contribution in [0.2, 0.25) is 5.02 Å². The van der Waals surface area contributed by atoms with Crippen molar-refractivity contribution in [2.45, 2.75) is 32.4 Å². The van der Waals surface area contributed by atoms with Crippen LogP contribution < -0.4 is 10.1 Å². The summed E-state index contributed by atoms with van der Waals surface area (Å²) in [4.78, 5) is 20.9. The van der Waals surface area contributed by atoms with E-state index in [0.29, 0.717) is 18.1 Å². The summed E-state index contributed by atoms with van der Waals surface area (Å²) in [5, 5.41) is 4.82. The van der Waals surface area contributed by atoms with Crippen LogP contribution in [0.3, 0.4) is 0 Å². The molecular formula is C24H24ClN3O2. The largest absolute Gasteiger partial charge is 0.493 e. The van der Waals surface area contributed by atoms with E-state index in [-0.39, 0.29) is 11.9 Å². The zero-order chi connectivity index (χ0) is 20.7. The second-order valence-electron chi connectivity index (χ2n) is 7.89. The molecule has 0 saturated heterocycles. The van der Waals surface area contributed by atoms with Crippen LogP contribution in [0.15, 0.2) is 42.5 Å². The monoisotopic (exact) mass is 421 g/mol. The van der Waals surface area contributed by atoms with Crippen LogP contribution in [-0.4, -0.2) is 35.5 Å². The molecule has 1 aromatic heterocycles. The van der Waals surface area contributed by atoms with E-state index in [2.05, 4.69) is 17.1 Å². The Morgan fingerprint density at radius 1 is 1.30 bits per heavy atom. The Kier molecular flexibility index (Phi) is 5.09. The van der Waals surface area contributed by atoms with Crippen LogP contribution in [0, 0.1) is 0 Å². The van der Waals surface area contributed by atoms with E-state index in [1.165, 1.54) is 0 Å². The summed E-state index contributed by atoms with van der Waals surface area (Å²) in [7, 11) is 0. The smallest absolute Gasteiger partial charge is 0.252 e. The van der Waals surface area contributed by atoms with E-state index < -0.39 is 0 Å². The fourth-order valence-corrected chi connectivity index (χ4v) is 4.70. The number of ether oxygens (including phenoxy) is 1. The molecule has 0 aliphatic carbocycles. The van der Waals surface area contributed by atoms with Gasteiger partial charge < -0.3 is 10.1 Å². The predicted octanol–water partition coefficient (Wildman–Crippen LogP) is 4.52. The van der Waals surface area contributed by atoms with E-state index in [0.717, 1.165) is 65.1 Å². The molecule has 6 heteroatoms. The van der Waals surface area contributed by atoms with Crippen molar-refractivity contribution in [3.8, 4) is 5.75 Å². The van der Waals surface area contributed by atoms with Gasteiger partial charge in [-0.25, -0.2) is 0 Å². The first kappa shape index (κ1) is 19.3. The summed E-state index contributed by atoms with van der Waals surface area (Å²) in [6.07, 6.45) is 1.58. The standard InChI is InChI=1S/C24H24ClN3O2/c1-2-28-11-9-20-18(14-28)23(16-5-3-4-6-19(16)26-20)24(29)27-21-10-12-30-22-8-7-15(25)13-17(21)22/h3-8,13,21H,2,9-12,14H2,1H3,(H,27,29). The molecule has 5 nitrogen and oxygen atoms in total. The molecule has 3 aromatic rings. The maximum atomic E-state index is 13.7. The molecule has 30 heavy (non-hydrogen) atoms. The van der Waals surface area contributed by atoms with E-state index in [4.69, 9.17) is 21.3 Å². The van der Waals surface area contributed by atoms with Gasteiger partial charge in [-0.3, -0.25) is 14.7 Å². The molecule has 2 aromatic carbocycles. The maximum absolute atomic E-state index is 13.7. The van der Waals surface area contributed by atoms with Crippen LogP contribution >= 0.6 is 11.6 Å². The number of hydrogen-bond donors (Lipinski definition) is 1. The Labute approximate surface area is 181 Å². The van der Waals surface area contributed by atoms with Gasteiger partial charge in [-0.15, -0.1) is 0 Å². The van der Waals surface area contributed by atoms with Gasteiger partial charge in [0.1, 0.15) is 5.75 Å². The minimum absolute atomic E-state index is 0.0550. The molecule has 3 heterocycles. The fourth-order valence-electron chi connectivity index (χ4n) is 4.52. The number of rotatable bonds is 3. The topological polar surface area (TPSA) is 54.5 Å². The molecular weight excluding hydrogens is 398 g/mol. The Morgan fingerprint density at radius 2 is 2.17 bits per heavy atom. The molecule has 1 amide bonds. The third kappa shape index (κ3) is 3.42. The number of amides is 1. The van der Waals surface area contributed by atoms with Crippen molar-refractivity contribution in [2.24, 2.45) is 0 Å². The molecule has 0 saturated carbocycles. The third-order valence-electron chi connectivity index (χ3n) is 6.12. The number of carbonyl (C=O) groups is 1. The molecule has 1 N–H and O–H groups in total. The highest BCUT2D eigenvalue weighted by atomic mass is 35.5. The molecule has 154 valence electrons. The van der Waals surface area contributed by atoms with Gasteiger partial charge in [0.2, 0.25) is 0 Å². The van der Waals surface area contributed by atoms with Crippen LogP contribution in [0.25, 0.3) is 10.9 Å². The van der Waals surface area contributed by atoms with E-state index in [1.807, 2.05) is 42.5 Å². The Hall–Kier alpha value is -2.63. The van der Waals surface area contributed by atoms with Gasteiger partial charge in [-0.2, -0.15) is 0 Å². The highest BCUT2D eigenvalue weighted by molar-refractivity contribution is 6.30. The van der Waals surface area contributed by atoms with Gasteiger partial charge >= 0.3 is 0 Å². The van der Waals surface area contributed by atoms with E-state index in [9.17, 15) is 4.79 Å². The zero-order valence-corrected chi connectivity index (χ0v) is 17.7. The number of para-hydroxylation sites is 1. The number of nitrogens with one attached hydrogen (secondary N) is 1. The SMILES string of the molecule is CCN1CCc2nc3ccccc3c(C(=O)NC3CCOc4ccc(Cl)cc43)c2C1. The summed E-state index contributed by atoms with van der Waals surface area (Å²) >= 11 is 6.22. The van der Waals surface area contributed by atoms with Gasteiger partial charge in [0, 0.05) is 53.2 Å². The zero-order valence-electron chi connectivity index (χ0n) is 17.0. The lowest BCUT2D eigenvalue weighted by atomic mass is 9.94. The van der Waals surface area contributed by atoms with Crippen molar-refractivity contribution in [1.82, 2.24) is 15.2 Å². The van der Waals surface area contributed by atoms with Gasteiger partial charge in [-0.1, -0.05) is 36.7 Å².